The molecular weight excluding hydrogens is 310 g/mol. The molecule has 2 rings (SSSR count). The number of unbranched alkanes of at least 4 members (excludes halogenated alkanes) is 2. The molecule has 0 unspecified atom stereocenters. The summed E-state index contributed by atoms with van der Waals surface area (Å²) in [6.45, 7) is 4.74. The lowest BCUT2D eigenvalue weighted by Gasteiger charge is -2.10. The van der Waals surface area contributed by atoms with Crippen molar-refractivity contribution in [3.63, 3.8) is 0 Å². The fourth-order valence-corrected chi connectivity index (χ4v) is 3.22. The average molecular weight is 333 g/mol. The maximum absolute atomic E-state index is 8.82. The molecule has 1 aromatic carbocycles. The van der Waals surface area contributed by atoms with Gasteiger partial charge in [-0.25, -0.2) is 0 Å². The van der Waals surface area contributed by atoms with Gasteiger partial charge in [-0.15, -0.1) is 16.8 Å². The Balaban J connectivity index is 2.19. The predicted octanol–water partition coefficient (Wildman–Crippen LogP) is 3.39. The number of para-hydroxylation sites is 1. The quantitative estimate of drug-likeness (QED) is 0.410. The monoisotopic (exact) mass is 333 g/mol. The molecule has 0 fully saturated rings. The van der Waals surface area contributed by atoms with Gasteiger partial charge in [-0.1, -0.05) is 36.4 Å². The van der Waals surface area contributed by atoms with Crippen LogP contribution in [0.3, 0.4) is 0 Å². The number of hydrogen-bond donors (Lipinski definition) is 1. The standard InChI is InChI=1S/C17H23N3O2S/c1-3-11-20-16(14-9-5-6-10-15(14)22-2)18-19-17(20)23-13-8-4-7-12-21/h3,5-6,9-10,21H,1,4,7-8,11-13H2,2H3. The molecule has 23 heavy (non-hydrogen) atoms. The number of thioether (sulfide) groups is 1. The van der Waals surface area contributed by atoms with Crippen LogP contribution in [-0.4, -0.2) is 39.3 Å². The number of aromatic nitrogens is 3. The average Bonchev–Trinajstić information content (AvgIpc) is 2.97. The van der Waals surface area contributed by atoms with Crippen LogP contribution in [-0.2, 0) is 6.54 Å². The van der Waals surface area contributed by atoms with Crippen LogP contribution in [0.5, 0.6) is 5.75 Å². The number of methoxy groups -OCH3 is 1. The molecule has 1 N–H and O–H groups in total. The van der Waals surface area contributed by atoms with Crippen LogP contribution in [0.2, 0.25) is 0 Å². The minimum absolute atomic E-state index is 0.259. The fraction of sp³-hybridized carbons (Fsp3) is 0.412. The molecule has 0 amide bonds. The summed E-state index contributed by atoms with van der Waals surface area (Å²) in [6, 6.07) is 7.81. The molecule has 0 aliphatic rings. The molecule has 1 heterocycles. The van der Waals surface area contributed by atoms with Crippen molar-refractivity contribution in [1.29, 1.82) is 0 Å². The SMILES string of the molecule is C=CCn1c(SCCCCCO)nnc1-c1ccccc1OC. The van der Waals surface area contributed by atoms with E-state index in [0.717, 1.165) is 47.3 Å². The molecule has 0 radical (unpaired) electrons. The van der Waals surface area contributed by atoms with Crippen molar-refractivity contribution >= 4 is 11.8 Å². The molecule has 124 valence electrons. The van der Waals surface area contributed by atoms with Crippen molar-refractivity contribution in [3.05, 3.63) is 36.9 Å². The Morgan fingerprint density at radius 2 is 2.09 bits per heavy atom. The lowest BCUT2D eigenvalue weighted by Crippen LogP contribution is -2.02. The zero-order valence-corrected chi connectivity index (χ0v) is 14.3. The van der Waals surface area contributed by atoms with Crippen molar-refractivity contribution in [2.75, 3.05) is 19.5 Å². The molecule has 1 aromatic heterocycles. The van der Waals surface area contributed by atoms with Gasteiger partial charge in [-0.2, -0.15) is 0 Å². The highest BCUT2D eigenvalue weighted by molar-refractivity contribution is 7.99. The smallest absolute Gasteiger partial charge is 0.191 e. The Morgan fingerprint density at radius 1 is 1.26 bits per heavy atom. The van der Waals surface area contributed by atoms with Gasteiger partial charge in [-0.05, 0) is 25.0 Å². The molecule has 0 saturated carbocycles. The number of rotatable bonds is 10. The second kappa shape index (κ2) is 9.37. The van der Waals surface area contributed by atoms with Crippen LogP contribution in [0.1, 0.15) is 19.3 Å². The number of hydrogen-bond acceptors (Lipinski definition) is 5. The van der Waals surface area contributed by atoms with Crippen molar-refractivity contribution in [2.45, 2.75) is 31.0 Å². The third kappa shape index (κ3) is 4.59. The normalized spacial score (nSPS) is 10.7. The molecule has 6 heteroatoms. The van der Waals surface area contributed by atoms with Gasteiger partial charge >= 0.3 is 0 Å². The lowest BCUT2D eigenvalue weighted by atomic mass is 10.2. The number of aliphatic hydroxyl groups excluding tert-OH is 1. The third-order valence-corrected chi connectivity index (χ3v) is 4.46. The van der Waals surface area contributed by atoms with Crippen molar-refractivity contribution < 1.29 is 9.84 Å². The molecule has 0 atom stereocenters. The Morgan fingerprint density at radius 3 is 2.83 bits per heavy atom. The van der Waals surface area contributed by atoms with Crippen LogP contribution >= 0.6 is 11.8 Å². The van der Waals surface area contributed by atoms with E-state index >= 15 is 0 Å². The topological polar surface area (TPSA) is 60.2 Å². The van der Waals surface area contributed by atoms with Gasteiger partial charge in [0.1, 0.15) is 5.75 Å². The molecular formula is C17H23N3O2S. The fourth-order valence-electron chi connectivity index (χ4n) is 2.27. The van der Waals surface area contributed by atoms with Gasteiger partial charge < -0.3 is 9.84 Å². The van der Waals surface area contributed by atoms with E-state index in [-0.39, 0.29) is 6.61 Å². The highest BCUT2D eigenvalue weighted by Gasteiger charge is 2.16. The highest BCUT2D eigenvalue weighted by atomic mass is 32.2. The van der Waals surface area contributed by atoms with Crippen LogP contribution in [0.4, 0.5) is 0 Å². The van der Waals surface area contributed by atoms with Crippen LogP contribution in [0.25, 0.3) is 11.4 Å². The molecule has 0 spiro atoms. The van der Waals surface area contributed by atoms with E-state index in [4.69, 9.17) is 9.84 Å². The molecule has 0 aliphatic heterocycles. The molecule has 5 nitrogen and oxygen atoms in total. The van der Waals surface area contributed by atoms with E-state index in [9.17, 15) is 0 Å². The minimum atomic E-state index is 0.259. The number of aliphatic hydroxyl groups is 1. The first-order valence-electron chi connectivity index (χ1n) is 7.73. The molecule has 0 bridgehead atoms. The Hall–Kier alpha value is -1.79. The van der Waals surface area contributed by atoms with Crippen molar-refractivity contribution in [2.24, 2.45) is 0 Å². The number of benzene rings is 1. The minimum Gasteiger partial charge on any atom is -0.496 e. The first kappa shape index (κ1) is 17.6. The van der Waals surface area contributed by atoms with Gasteiger partial charge in [0.25, 0.3) is 0 Å². The van der Waals surface area contributed by atoms with Crippen molar-refractivity contribution in [3.8, 4) is 17.1 Å². The van der Waals surface area contributed by atoms with E-state index in [2.05, 4.69) is 21.3 Å². The van der Waals surface area contributed by atoms with Gasteiger partial charge in [-0.3, -0.25) is 4.57 Å². The molecule has 2 aromatic rings. The summed E-state index contributed by atoms with van der Waals surface area (Å²) in [5.74, 6) is 2.53. The second-order valence-electron chi connectivity index (χ2n) is 5.04. The summed E-state index contributed by atoms with van der Waals surface area (Å²) in [5, 5.41) is 18.4. The number of allylic oxidation sites excluding steroid dienone is 1. The van der Waals surface area contributed by atoms with Gasteiger partial charge in [0.2, 0.25) is 0 Å². The summed E-state index contributed by atoms with van der Waals surface area (Å²) in [4.78, 5) is 0. The zero-order valence-electron chi connectivity index (χ0n) is 13.4. The maximum atomic E-state index is 8.82. The van der Waals surface area contributed by atoms with E-state index in [1.54, 1.807) is 18.9 Å². The molecule has 0 aliphatic carbocycles. The van der Waals surface area contributed by atoms with Gasteiger partial charge in [0, 0.05) is 18.9 Å². The van der Waals surface area contributed by atoms with Crippen LogP contribution in [0, 0.1) is 0 Å². The van der Waals surface area contributed by atoms with E-state index in [0.29, 0.717) is 6.54 Å². The largest absolute Gasteiger partial charge is 0.496 e. The molecule has 0 saturated heterocycles. The van der Waals surface area contributed by atoms with Gasteiger partial charge in [0.05, 0.1) is 12.7 Å². The van der Waals surface area contributed by atoms with E-state index < -0.39 is 0 Å². The summed E-state index contributed by atoms with van der Waals surface area (Å²) in [6.07, 6.45) is 4.78. The first-order chi connectivity index (χ1) is 11.3. The van der Waals surface area contributed by atoms with Crippen molar-refractivity contribution in [1.82, 2.24) is 14.8 Å². The predicted molar refractivity (Wildman–Crippen MR) is 93.9 cm³/mol. The number of nitrogens with zero attached hydrogens (tertiary/aromatic N) is 3. The maximum Gasteiger partial charge on any atom is 0.191 e. The summed E-state index contributed by atoms with van der Waals surface area (Å²) in [5.41, 5.74) is 0.927. The Labute approximate surface area is 141 Å². The highest BCUT2D eigenvalue weighted by Crippen LogP contribution is 2.31. The third-order valence-electron chi connectivity index (χ3n) is 3.41. The van der Waals surface area contributed by atoms with Crippen LogP contribution in [0.15, 0.2) is 42.1 Å². The zero-order chi connectivity index (χ0) is 16.5. The Kier molecular flexibility index (Phi) is 7.16. The summed E-state index contributed by atoms with van der Waals surface area (Å²) < 4.78 is 7.49. The van der Waals surface area contributed by atoms with E-state index in [1.165, 1.54) is 0 Å². The first-order valence-corrected chi connectivity index (χ1v) is 8.71. The van der Waals surface area contributed by atoms with E-state index in [1.807, 2.05) is 30.3 Å². The van der Waals surface area contributed by atoms with Gasteiger partial charge in [0.15, 0.2) is 11.0 Å². The Bertz CT molecular complexity index is 628. The van der Waals surface area contributed by atoms with Crippen LogP contribution < -0.4 is 4.74 Å². The lowest BCUT2D eigenvalue weighted by molar-refractivity contribution is 0.284. The summed E-state index contributed by atoms with van der Waals surface area (Å²) >= 11 is 1.69. The summed E-state index contributed by atoms with van der Waals surface area (Å²) in [7, 11) is 1.66. The number of ether oxygens (including phenoxy) is 1. The second-order valence-corrected chi connectivity index (χ2v) is 6.10.